The molecule has 0 saturated heterocycles. The van der Waals surface area contributed by atoms with Crippen molar-refractivity contribution < 1.29 is 4.42 Å². The van der Waals surface area contributed by atoms with E-state index in [1.807, 2.05) is 0 Å². The summed E-state index contributed by atoms with van der Waals surface area (Å²) in [6.07, 6.45) is 3.65. The molecule has 10 heavy (non-hydrogen) atoms. The number of aryl methyl sites for hydroxylation is 1. The highest BCUT2D eigenvalue weighted by molar-refractivity contribution is 4.92. The Morgan fingerprint density at radius 1 is 1.70 bits per heavy atom. The molecule has 0 unspecified atom stereocenters. The van der Waals surface area contributed by atoms with Gasteiger partial charge < -0.3 is 10.2 Å². The average molecular weight is 140 g/mol. The molecule has 3 heteroatoms. The van der Waals surface area contributed by atoms with E-state index in [9.17, 15) is 0 Å². The summed E-state index contributed by atoms with van der Waals surface area (Å²) in [6.45, 7) is 2.53. The molecule has 0 spiro atoms. The Bertz CT molecular complexity index is 195. The van der Waals surface area contributed by atoms with Gasteiger partial charge in [0.2, 0.25) is 0 Å². The molecule has 0 saturated carbocycles. The molecule has 0 aliphatic carbocycles. The van der Waals surface area contributed by atoms with E-state index in [1.54, 1.807) is 6.20 Å². The first-order valence-corrected chi connectivity index (χ1v) is 3.50. The van der Waals surface area contributed by atoms with Crippen LogP contribution in [-0.2, 0) is 13.0 Å². The molecule has 0 aliphatic heterocycles. The van der Waals surface area contributed by atoms with Gasteiger partial charge in [0.25, 0.3) is 0 Å². The van der Waals surface area contributed by atoms with Crippen molar-refractivity contribution in [3.63, 3.8) is 0 Å². The minimum atomic E-state index is 0.441. The molecule has 0 fully saturated rings. The average Bonchev–Trinajstić information content (AvgIpc) is 2.37. The van der Waals surface area contributed by atoms with Crippen molar-refractivity contribution in [3.05, 3.63) is 17.8 Å². The van der Waals surface area contributed by atoms with E-state index in [0.717, 1.165) is 24.5 Å². The summed E-state index contributed by atoms with van der Waals surface area (Å²) in [5, 5.41) is 0. The predicted octanol–water partition coefficient (Wildman–Crippen LogP) is 1.09. The number of hydrogen-bond donors (Lipinski definition) is 1. The molecular weight excluding hydrogens is 128 g/mol. The number of rotatable bonds is 3. The van der Waals surface area contributed by atoms with Crippen LogP contribution in [0.1, 0.15) is 25.0 Å². The highest BCUT2D eigenvalue weighted by Gasteiger charge is 1.98. The minimum Gasteiger partial charge on any atom is -0.444 e. The van der Waals surface area contributed by atoms with Crippen LogP contribution in [0, 0.1) is 0 Å². The highest BCUT2D eigenvalue weighted by Crippen LogP contribution is 2.03. The largest absolute Gasteiger partial charge is 0.444 e. The lowest BCUT2D eigenvalue weighted by Crippen LogP contribution is -1.92. The topological polar surface area (TPSA) is 52.0 Å². The van der Waals surface area contributed by atoms with Gasteiger partial charge in [-0.15, -0.1) is 0 Å². The van der Waals surface area contributed by atoms with Gasteiger partial charge in [-0.25, -0.2) is 4.98 Å². The molecule has 1 rings (SSSR count). The van der Waals surface area contributed by atoms with Crippen LogP contribution in [0.15, 0.2) is 10.6 Å². The highest BCUT2D eigenvalue weighted by atomic mass is 16.4. The van der Waals surface area contributed by atoms with Gasteiger partial charge in [0.05, 0.1) is 12.7 Å². The van der Waals surface area contributed by atoms with Crippen LogP contribution in [0.2, 0.25) is 0 Å². The second kappa shape index (κ2) is 3.37. The van der Waals surface area contributed by atoms with Crippen molar-refractivity contribution in [2.45, 2.75) is 26.3 Å². The number of oxazole rings is 1. The summed E-state index contributed by atoms with van der Waals surface area (Å²) >= 11 is 0. The zero-order valence-corrected chi connectivity index (χ0v) is 6.13. The fourth-order valence-corrected chi connectivity index (χ4v) is 0.772. The number of hydrogen-bond acceptors (Lipinski definition) is 3. The molecule has 0 aliphatic rings. The van der Waals surface area contributed by atoms with Gasteiger partial charge >= 0.3 is 0 Å². The van der Waals surface area contributed by atoms with E-state index in [0.29, 0.717) is 6.54 Å². The van der Waals surface area contributed by atoms with Crippen molar-refractivity contribution in [2.24, 2.45) is 5.73 Å². The predicted molar refractivity (Wildman–Crippen MR) is 38.4 cm³/mol. The number of aromatic nitrogens is 1. The van der Waals surface area contributed by atoms with Gasteiger partial charge in [-0.3, -0.25) is 0 Å². The fraction of sp³-hybridized carbons (Fsp3) is 0.571. The van der Waals surface area contributed by atoms with Crippen LogP contribution in [0.5, 0.6) is 0 Å². The summed E-state index contributed by atoms with van der Waals surface area (Å²) in [7, 11) is 0. The molecule has 0 radical (unpaired) electrons. The Hall–Kier alpha value is -0.830. The maximum Gasteiger partial charge on any atom is 0.194 e. The van der Waals surface area contributed by atoms with Crippen LogP contribution in [0.25, 0.3) is 0 Å². The second-order valence-electron chi connectivity index (χ2n) is 2.17. The van der Waals surface area contributed by atoms with Crippen LogP contribution in [0.3, 0.4) is 0 Å². The van der Waals surface area contributed by atoms with Crippen molar-refractivity contribution in [2.75, 3.05) is 0 Å². The summed E-state index contributed by atoms with van der Waals surface area (Å²) in [6, 6.07) is 0. The first-order valence-electron chi connectivity index (χ1n) is 3.50. The lowest BCUT2D eigenvalue weighted by molar-refractivity contribution is 0.454. The van der Waals surface area contributed by atoms with E-state index >= 15 is 0 Å². The molecule has 0 aromatic carbocycles. The Morgan fingerprint density at radius 3 is 3.00 bits per heavy atom. The first kappa shape index (κ1) is 7.28. The molecule has 1 aromatic heterocycles. The van der Waals surface area contributed by atoms with Crippen molar-refractivity contribution in [3.8, 4) is 0 Å². The molecule has 1 aromatic rings. The van der Waals surface area contributed by atoms with Crippen LogP contribution in [0.4, 0.5) is 0 Å². The van der Waals surface area contributed by atoms with E-state index in [-0.39, 0.29) is 0 Å². The first-order chi connectivity index (χ1) is 4.86. The zero-order valence-electron chi connectivity index (χ0n) is 6.13. The molecule has 56 valence electrons. The lowest BCUT2D eigenvalue weighted by atomic mass is 10.3. The van der Waals surface area contributed by atoms with Gasteiger partial charge in [0, 0.05) is 6.42 Å². The number of nitrogens with two attached hydrogens (primary N) is 1. The molecular formula is C7H12N2O. The third kappa shape index (κ3) is 1.57. The summed E-state index contributed by atoms with van der Waals surface area (Å²) < 4.78 is 5.24. The molecule has 0 atom stereocenters. The van der Waals surface area contributed by atoms with Crippen LogP contribution >= 0.6 is 0 Å². The minimum absolute atomic E-state index is 0.441. The smallest absolute Gasteiger partial charge is 0.194 e. The van der Waals surface area contributed by atoms with Gasteiger partial charge in [-0.05, 0) is 6.42 Å². The van der Waals surface area contributed by atoms with E-state index in [2.05, 4.69) is 11.9 Å². The van der Waals surface area contributed by atoms with Crippen molar-refractivity contribution >= 4 is 0 Å². The van der Waals surface area contributed by atoms with Crippen molar-refractivity contribution in [1.29, 1.82) is 0 Å². The van der Waals surface area contributed by atoms with E-state index in [1.165, 1.54) is 0 Å². The summed E-state index contributed by atoms with van der Waals surface area (Å²) in [5.74, 6) is 1.56. The molecule has 0 amide bonds. The van der Waals surface area contributed by atoms with Crippen LogP contribution < -0.4 is 5.73 Å². The fourth-order valence-electron chi connectivity index (χ4n) is 0.772. The van der Waals surface area contributed by atoms with Gasteiger partial charge in [-0.1, -0.05) is 6.92 Å². The normalized spacial score (nSPS) is 10.2. The van der Waals surface area contributed by atoms with Crippen molar-refractivity contribution in [1.82, 2.24) is 4.98 Å². The maximum atomic E-state index is 5.33. The summed E-state index contributed by atoms with van der Waals surface area (Å²) in [4.78, 5) is 4.03. The Morgan fingerprint density at radius 2 is 2.50 bits per heavy atom. The zero-order chi connectivity index (χ0) is 7.40. The van der Waals surface area contributed by atoms with Gasteiger partial charge in [0.1, 0.15) is 5.76 Å². The standard InChI is InChI=1S/C7H12N2O/c1-2-3-7-9-5-6(4-8)10-7/h5H,2-4,8H2,1H3. The Labute approximate surface area is 60.2 Å². The SMILES string of the molecule is CCCc1ncc(CN)o1. The number of nitrogens with zero attached hydrogens (tertiary/aromatic N) is 1. The third-order valence-electron chi connectivity index (χ3n) is 1.27. The monoisotopic (exact) mass is 140 g/mol. The van der Waals surface area contributed by atoms with Gasteiger partial charge in [0.15, 0.2) is 5.89 Å². The molecule has 3 nitrogen and oxygen atoms in total. The molecule has 1 heterocycles. The lowest BCUT2D eigenvalue weighted by Gasteiger charge is -1.87. The third-order valence-corrected chi connectivity index (χ3v) is 1.27. The van der Waals surface area contributed by atoms with E-state index in [4.69, 9.17) is 10.2 Å². The molecule has 0 bridgehead atoms. The Balaban J connectivity index is 2.59. The van der Waals surface area contributed by atoms with E-state index < -0.39 is 0 Å². The second-order valence-corrected chi connectivity index (χ2v) is 2.17. The Kier molecular flexibility index (Phi) is 2.45. The maximum absolute atomic E-state index is 5.33. The van der Waals surface area contributed by atoms with Gasteiger partial charge in [-0.2, -0.15) is 0 Å². The quantitative estimate of drug-likeness (QED) is 0.683. The van der Waals surface area contributed by atoms with Crippen LogP contribution in [-0.4, -0.2) is 4.98 Å². The molecule has 2 N–H and O–H groups in total. The summed E-state index contributed by atoms with van der Waals surface area (Å²) in [5.41, 5.74) is 5.33.